The molecule has 0 heterocycles. The van der Waals surface area contributed by atoms with E-state index in [0.29, 0.717) is 0 Å². The van der Waals surface area contributed by atoms with Crippen LogP contribution in [-0.2, 0) is 9.12 Å². The van der Waals surface area contributed by atoms with Gasteiger partial charge in [0.2, 0.25) is 0 Å². The quantitative estimate of drug-likeness (QED) is 0.618. The van der Waals surface area contributed by atoms with Gasteiger partial charge in [-0.2, -0.15) is 0 Å². The fourth-order valence-electron chi connectivity index (χ4n) is 3.05. The van der Waals surface area contributed by atoms with E-state index in [-0.39, 0.29) is 0 Å². The molecule has 1 N–H and O–H groups in total. The first-order chi connectivity index (χ1) is 11.6. The molecule has 2 nitrogen and oxygen atoms in total. The fourth-order valence-corrected chi connectivity index (χ4v) is 4.04. The minimum Gasteiger partial charge on any atom is -0.481 e. The predicted molar refractivity (Wildman–Crippen MR) is 99.4 cm³/mol. The van der Waals surface area contributed by atoms with E-state index < -0.39 is 16.2 Å². The number of hydrogen-bond acceptors (Lipinski definition) is 1. The maximum Gasteiger partial charge on any atom is 0.313 e. The molecule has 0 spiro atoms. The average molecular weight is 381 g/mol. The number of rotatable bonds is 5. The summed E-state index contributed by atoms with van der Waals surface area (Å²) >= 11 is 3.82. The molecular formula is C21H17BrO2. The normalized spacial score (nSPS) is 12.5. The molecule has 0 radical (unpaired) electrons. The van der Waals surface area contributed by atoms with E-state index in [1.807, 2.05) is 91.0 Å². The van der Waals surface area contributed by atoms with E-state index >= 15 is 0 Å². The molecule has 0 bridgehead atoms. The Balaban J connectivity index is 2.26. The number of carbonyl (C=O) groups is 1. The van der Waals surface area contributed by atoms with E-state index in [1.165, 1.54) is 0 Å². The Labute approximate surface area is 149 Å². The van der Waals surface area contributed by atoms with Crippen LogP contribution in [0.2, 0.25) is 0 Å². The first-order valence-corrected chi connectivity index (χ1v) is 8.51. The molecule has 3 heteroatoms. The van der Waals surface area contributed by atoms with Crippen molar-refractivity contribution in [2.24, 2.45) is 0 Å². The summed E-state index contributed by atoms with van der Waals surface area (Å²) in [6, 6.07) is 28.8. The smallest absolute Gasteiger partial charge is 0.313 e. The highest BCUT2D eigenvalue weighted by Gasteiger charge is 2.45. The molecule has 120 valence electrons. The number of hydrogen-bond donors (Lipinski definition) is 1. The van der Waals surface area contributed by atoms with Crippen LogP contribution in [0, 0.1) is 0 Å². The van der Waals surface area contributed by atoms with Crippen molar-refractivity contribution >= 4 is 21.9 Å². The summed E-state index contributed by atoms with van der Waals surface area (Å²) in [5, 5.41) is 10.1. The van der Waals surface area contributed by atoms with Crippen LogP contribution in [0.3, 0.4) is 0 Å². The van der Waals surface area contributed by atoms with Crippen molar-refractivity contribution in [2.45, 2.75) is 10.2 Å². The van der Waals surface area contributed by atoms with Gasteiger partial charge in [0.15, 0.2) is 0 Å². The van der Waals surface area contributed by atoms with Gasteiger partial charge in [-0.25, -0.2) is 0 Å². The zero-order chi connectivity index (χ0) is 17.0. The molecule has 0 aromatic heterocycles. The molecule has 0 saturated carbocycles. The monoisotopic (exact) mass is 380 g/mol. The number of carboxylic acids is 1. The van der Waals surface area contributed by atoms with Crippen LogP contribution in [0.4, 0.5) is 0 Å². The number of alkyl halides is 1. The van der Waals surface area contributed by atoms with E-state index in [4.69, 9.17) is 0 Å². The van der Waals surface area contributed by atoms with Gasteiger partial charge in [-0.05, 0) is 16.7 Å². The molecule has 1 atom stereocenters. The van der Waals surface area contributed by atoms with Crippen molar-refractivity contribution in [1.82, 2.24) is 0 Å². The molecule has 0 aliphatic rings. The molecule has 0 saturated heterocycles. The van der Waals surface area contributed by atoms with Crippen LogP contribution in [0.15, 0.2) is 91.0 Å². The highest BCUT2D eigenvalue weighted by Crippen LogP contribution is 2.49. The minimum atomic E-state index is -0.870. The summed E-state index contributed by atoms with van der Waals surface area (Å²) < 4.78 is -0.858. The van der Waals surface area contributed by atoms with E-state index in [0.717, 1.165) is 16.7 Å². The second-order valence-electron chi connectivity index (χ2n) is 5.63. The van der Waals surface area contributed by atoms with Gasteiger partial charge in [0.1, 0.15) is 5.92 Å². The van der Waals surface area contributed by atoms with Crippen molar-refractivity contribution in [1.29, 1.82) is 0 Å². The lowest BCUT2D eigenvalue weighted by atomic mass is 9.77. The molecule has 0 aliphatic heterocycles. The Hall–Kier alpha value is -2.39. The van der Waals surface area contributed by atoms with Gasteiger partial charge in [0.05, 0.1) is 4.32 Å². The maximum atomic E-state index is 12.3. The minimum absolute atomic E-state index is 0.759. The average Bonchev–Trinajstić information content (AvgIpc) is 2.64. The molecule has 24 heavy (non-hydrogen) atoms. The van der Waals surface area contributed by atoms with Crippen molar-refractivity contribution in [3.05, 3.63) is 108 Å². The highest BCUT2D eigenvalue weighted by molar-refractivity contribution is 9.09. The first-order valence-electron chi connectivity index (χ1n) is 7.71. The number of carboxylic acid groups (broad SMARTS) is 1. The molecule has 3 rings (SSSR count). The van der Waals surface area contributed by atoms with Gasteiger partial charge in [0.25, 0.3) is 0 Å². The fraction of sp³-hybridized carbons (Fsp3) is 0.0952. The molecule has 1 unspecified atom stereocenters. The molecule has 0 aliphatic carbocycles. The Morgan fingerprint density at radius 3 is 1.50 bits per heavy atom. The SMILES string of the molecule is O=C(O)C(c1ccccc1)C(Br)(c1ccccc1)c1ccccc1. The summed E-state index contributed by atoms with van der Waals surface area (Å²) in [5.74, 6) is -1.63. The largest absolute Gasteiger partial charge is 0.481 e. The highest BCUT2D eigenvalue weighted by atomic mass is 79.9. The molecule has 3 aromatic rings. The van der Waals surface area contributed by atoms with Gasteiger partial charge in [0, 0.05) is 0 Å². The summed E-state index contributed by atoms with van der Waals surface area (Å²) in [6.07, 6.45) is 0. The molecule has 0 fully saturated rings. The third kappa shape index (κ3) is 3.00. The second-order valence-corrected chi connectivity index (χ2v) is 6.88. The summed E-state index contributed by atoms with van der Waals surface area (Å²) in [7, 11) is 0. The standard InChI is InChI=1S/C21H17BrO2/c22-21(17-12-6-2-7-13-17,18-14-8-3-9-15-18)19(20(23)24)16-10-4-1-5-11-16/h1-15,19H,(H,23,24). The molecule has 0 amide bonds. The number of benzene rings is 3. The summed E-state index contributed by atoms with van der Waals surface area (Å²) in [4.78, 5) is 12.3. The Bertz CT molecular complexity index is 762. The van der Waals surface area contributed by atoms with Gasteiger partial charge < -0.3 is 5.11 Å². The Morgan fingerprint density at radius 2 is 1.12 bits per heavy atom. The lowest BCUT2D eigenvalue weighted by Crippen LogP contribution is -2.34. The number of halogens is 1. The van der Waals surface area contributed by atoms with Crippen LogP contribution >= 0.6 is 15.9 Å². The van der Waals surface area contributed by atoms with Crippen LogP contribution in [0.5, 0.6) is 0 Å². The third-order valence-electron chi connectivity index (χ3n) is 4.17. The Morgan fingerprint density at radius 1 is 0.750 bits per heavy atom. The second kappa shape index (κ2) is 7.02. The topological polar surface area (TPSA) is 37.3 Å². The molecular weight excluding hydrogens is 364 g/mol. The van der Waals surface area contributed by atoms with E-state index in [1.54, 1.807) is 0 Å². The lowest BCUT2D eigenvalue weighted by Gasteiger charge is -2.35. The summed E-state index contributed by atoms with van der Waals surface area (Å²) in [6.45, 7) is 0. The van der Waals surface area contributed by atoms with E-state index in [2.05, 4.69) is 15.9 Å². The Kier molecular flexibility index (Phi) is 4.81. The van der Waals surface area contributed by atoms with Crippen molar-refractivity contribution < 1.29 is 9.90 Å². The maximum absolute atomic E-state index is 12.3. The zero-order valence-electron chi connectivity index (χ0n) is 13.0. The van der Waals surface area contributed by atoms with Gasteiger partial charge in [-0.3, -0.25) is 4.79 Å². The zero-order valence-corrected chi connectivity index (χ0v) is 14.6. The van der Waals surface area contributed by atoms with Crippen LogP contribution < -0.4 is 0 Å². The third-order valence-corrected chi connectivity index (χ3v) is 5.54. The number of aliphatic carboxylic acids is 1. The van der Waals surface area contributed by atoms with Crippen molar-refractivity contribution in [3.8, 4) is 0 Å². The van der Waals surface area contributed by atoms with Gasteiger partial charge in [-0.1, -0.05) is 107 Å². The first kappa shape index (κ1) is 16.5. The van der Waals surface area contributed by atoms with Gasteiger partial charge in [-0.15, -0.1) is 0 Å². The lowest BCUT2D eigenvalue weighted by molar-refractivity contribution is -0.139. The molecule has 3 aromatic carbocycles. The van der Waals surface area contributed by atoms with Crippen LogP contribution in [0.1, 0.15) is 22.6 Å². The van der Waals surface area contributed by atoms with Gasteiger partial charge >= 0.3 is 5.97 Å². The predicted octanol–water partition coefficient (Wildman–Crippen LogP) is 5.19. The van der Waals surface area contributed by atoms with Crippen LogP contribution in [0.25, 0.3) is 0 Å². The van der Waals surface area contributed by atoms with Crippen LogP contribution in [-0.4, -0.2) is 11.1 Å². The van der Waals surface area contributed by atoms with Crippen molar-refractivity contribution in [3.63, 3.8) is 0 Å². The van der Waals surface area contributed by atoms with Crippen molar-refractivity contribution in [2.75, 3.05) is 0 Å². The van der Waals surface area contributed by atoms with E-state index in [9.17, 15) is 9.90 Å². The summed E-state index contributed by atoms with van der Waals surface area (Å²) in [5.41, 5.74) is 2.58.